The summed E-state index contributed by atoms with van der Waals surface area (Å²) in [5, 5.41) is 0. The lowest BCUT2D eigenvalue weighted by Crippen LogP contribution is -2.18. The molecule has 0 aromatic heterocycles. The molecule has 0 aliphatic carbocycles. The van der Waals surface area contributed by atoms with Crippen LogP contribution in [-0.4, -0.2) is 19.7 Å². The Balaban J connectivity index is 1.62. The molecular weight excluding hydrogens is 420 g/mol. The van der Waals surface area contributed by atoms with Crippen LogP contribution in [-0.2, 0) is 4.79 Å². The lowest BCUT2D eigenvalue weighted by Gasteiger charge is -2.11. The van der Waals surface area contributed by atoms with Crippen LogP contribution < -0.4 is 14.2 Å². The first kappa shape index (κ1) is 19.7. The van der Waals surface area contributed by atoms with Gasteiger partial charge in [-0.15, -0.1) is 0 Å². The van der Waals surface area contributed by atoms with Gasteiger partial charge >= 0.3 is 5.97 Å². The smallest absolute Gasteiger partial charge is 0.349 e. The molecule has 0 saturated heterocycles. The molecule has 28 heavy (non-hydrogen) atoms. The summed E-state index contributed by atoms with van der Waals surface area (Å²) in [6.07, 6.45) is 3.98. The van der Waals surface area contributed by atoms with Crippen LogP contribution in [0.4, 0.5) is 0 Å². The van der Waals surface area contributed by atoms with Gasteiger partial charge in [-0.2, -0.15) is 0 Å². The maximum absolute atomic E-state index is 12.1. The lowest BCUT2D eigenvalue weighted by molar-refractivity contribution is -0.136. The van der Waals surface area contributed by atoms with Crippen LogP contribution in [0.15, 0.2) is 77.3 Å². The molecule has 0 aliphatic rings. The molecule has 4 nitrogen and oxygen atoms in total. The first-order valence-electron chi connectivity index (χ1n) is 8.64. The van der Waals surface area contributed by atoms with E-state index < -0.39 is 5.97 Å². The minimum Gasteiger partial charge on any atom is -0.493 e. The highest BCUT2D eigenvalue weighted by Gasteiger charge is 2.11. The Morgan fingerprint density at radius 3 is 2.32 bits per heavy atom. The van der Waals surface area contributed by atoms with E-state index in [-0.39, 0.29) is 6.61 Å². The Morgan fingerprint density at radius 2 is 1.61 bits per heavy atom. The van der Waals surface area contributed by atoms with Crippen molar-refractivity contribution in [3.05, 3.63) is 88.4 Å². The van der Waals surface area contributed by atoms with Gasteiger partial charge in [0.2, 0.25) is 0 Å². The summed E-state index contributed by atoms with van der Waals surface area (Å²) >= 11 is 3.35. The molecule has 0 fully saturated rings. The van der Waals surface area contributed by atoms with Crippen LogP contribution in [0.2, 0.25) is 0 Å². The highest BCUT2D eigenvalue weighted by atomic mass is 79.9. The van der Waals surface area contributed by atoms with Crippen molar-refractivity contribution in [1.82, 2.24) is 0 Å². The molecule has 0 amide bonds. The van der Waals surface area contributed by atoms with Crippen molar-refractivity contribution in [1.29, 1.82) is 0 Å². The average molecular weight is 439 g/mol. The van der Waals surface area contributed by atoms with Crippen LogP contribution in [0.25, 0.3) is 12.2 Å². The van der Waals surface area contributed by atoms with E-state index in [0.717, 1.165) is 15.6 Å². The maximum Gasteiger partial charge on any atom is 0.349 e. The molecule has 0 atom stereocenters. The van der Waals surface area contributed by atoms with Crippen molar-refractivity contribution >= 4 is 34.1 Å². The normalized spacial score (nSPS) is 10.6. The third-order valence-corrected chi connectivity index (χ3v) is 4.38. The summed E-state index contributed by atoms with van der Waals surface area (Å²) in [5.41, 5.74) is 2.04. The number of rotatable bonds is 7. The molecule has 3 aromatic carbocycles. The highest BCUT2D eigenvalue weighted by molar-refractivity contribution is 9.10. The van der Waals surface area contributed by atoms with E-state index in [2.05, 4.69) is 15.9 Å². The van der Waals surface area contributed by atoms with Crippen molar-refractivity contribution in [2.75, 3.05) is 13.7 Å². The van der Waals surface area contributed by atoms with E-state index in [1.807, 2.05) is 66.7 Å². The van der Waals surface area contributed by atoms with Crippen molar-refractivity contribution in [2.45, 2.75) is 0 Å². The predicted molar refractivity (Wildman–Crippen MR) is 114 cm³/mol. The molecule has 142 valence electrons. The fourth-order valence-corrected chi connectivity index (χ4v) is 2.72. The van der Waals surface area contributed by atoms with Gasteiger partial charge in [-0.25, -0.2) is 4.79 Å². The summed E-state index contributed by atoms with van der Waals surface area (Å²) < 4.78 is 17.1. The maximum atomic E-state index is 12.1. The van der Waals surface area contributed by atoms with E-state index in [9.17, 15) is 4.79 Å². The zero-order valence-electron chi connectivity index (χ0n) is 15.3. The monoisotopic (exact) mass is 438 g/mol. The predicted octanol–water partition coefficient (Wildman–Crippen LogP) is 5.61. The fraction of sp³-hybridized carbons (Fsp3) is 0.0870. The number of hydrogen-bond donors (Lipinski definition) is 0. The van der Waals surface area contributed by atoms with Crippen molar-refractivity contribution in [2.24, 2.45) is 0 Å². The quantitative estimate of drug-likeness (QED) is 0.273. The molecule has 3 rings (SSSR count). The van der Waals surface area contributed by atoms with Gasteiger partial charge in [-0.3, -0.25) is 0 Å². The van der Waals surface area contributed by atoms with Gasteiger partial charge in [-0.1, -0.05) is 64.5 Å². The fourth-order valence-electron chi connectivity index (χ4n) is 2.45. The van der Waals surface area contributed by atoms with E-state index in [1.165, 1.54) is 7.11 Å². The molecule has 0 N–H and O–H groups in total. The van der Waals surface area contributed by atoms with E-state index >= 15 is 0 Å². The summed E-state index contributed by atoms with van der Waals surface area (Å²) in [6, 6.07) is 22.6. The van der Waals surface area contributed by atoms with Crippen LogP contribution in [0.1, 0.15) is 11.1 Å². The van der Waals surface area contributed by atoms with Crippen LogP contribution in [0.3, 0.4) is 0 Å². The zero-order chi connectivity index (χ0) is 19.8. The van der Waals surface area contributed by atoms with Gasteiger partial charge < -0.3 is 14.2 Å². The van der Waals surface area contributed by atoms with Gasteiger partial charge in [0.25, 0.3) is 0 Å². The molecule has 0 heterocycles. The Kier molecular flexibility index (Phi) is 6.87. The van der Waals surface area contributed by atoms with Crippen molar-refractivity contribution in [3.63, 3.8) is 0 Å². The lowest BCUT2D eigenvalue weighted by atomic mass is 10.1. The largest absolute Gasteiger partial charge is 0.493 e. The molecule has 0 spiro atoms. The number of hydrogen-bond acceptors (Lipinski definition) is 4. The molecule has 0 unspecified atom stereocenters. The third-order valence-electron chi connectivity index (χ3n) is 3.85. The van der Waals surface area contributed by atoms with Crippen LogP contribution in [0.5, 0.6) is 17.2 Å². The molecular formula is C23H19BrO4. The SMILES string of the molecule is COc1cc(/C=C/c2ccccc2)ccc1OC(=O)COc1ccc(Br)cc1. The van der Waals surface area contributed by atoms with E-state index in [4.69, 9.17) is 14.2 Å². The topological polar surface area (TPSA) is 44.8 Å². The molecule has 0 radical (unpaired) electrons. The number of ether oxygens (including phenoxy) is 3. The Bertz CT molecular complexity index is 950. The summed E-state index contributed by atoms with van der Waals surface area (Å²) in [4.78, 5) is 12.1. The number of carbonyl (C=O) groups is 1. The molecule has 0 aliphatic heterocycles. The minimum atomic E-state index is -0.506. The number of halogens is 1. The molecule has 0 bridgehead atoms. The van der Waals surface area contributed by atoms with E-state index in [1.54, 1.807) is 18.2 Å². The number of methoxy groups -OCH3 is 1. The summed E-state index contributed by atoms with van der Waals surface area (Å²) in [7, 11) is 1.54. The first-order valence-corrected chi connectivity index (χ1v) is 9.43. The zero-order valence-corrected chi connectivity index (χ0v) is 16.9. The average Bonchev–Trinajstić information content (AvgIpc) is 2.73. The standard InChI is InChI=1S/C23H19BrO4/c1-26-22-15-18(8-7-17-5-3-2-4-6-17)9-14-21(22)28-23(25)16-27-20-12-10-19(24)11-13-20/h2-15H,16H2,1H3/b8-7+. The Hall–Kier alpha value is -3.05. The van der Waals surface area contributed by atoms with Crippen molar-refractivity contribution in [3.8, 4) is 17.2 Å². The Morgan fingerprint density at radius 1 is 0.893 bits per heavy atom. The van der Waals surface area contributed by atoms with Crippen LogP contribution >= 0.6 is 15.9 Å². The number of esters is 1. The number of carbonyl (C=O) groups excluding carboxylic acids is 1. The first-order chi connectivity index (χ1) is 13.6. The second-order valence-electron chi connectivity index (χ2n) is 5.87. The molecule has 5 heteroatoms. The van der Waals surface area contributed by atoms with Crippen molar-refractivity contribution < 1.29 is 19.0 Å². The van der Waals surface area contributed by atoms with E-state index in [0.29, 0.717) is 17.2 Å². The second-order valence-corrected chi connectivity index (χ2v) is 6.79. The summed E-state index contributed by atoms with van der Waals surface area (Å²) in [6.45, 7) is -0.194. The van der Waals surface area contributed by atoms with Gasteiger partial charge in [0.15, 0.2) is 18.1 Å². The molecule has 0 saturated carbocycles. The van der Waals surface area contributed by atoms with Gasteiger partial charge in [0.05, 0.1) is 7.11 Å². The summed E-state index contributed by atoms with van der Waals surface area (Å²) in [5.74, 6) is 0.915. The second kappa shape index (κ2) is 9.76. The highest BCUT2D eigenvalue weighted by Crippen LogP contribution is 2.29. The third kappa shape index (κ3) is 5.72. The Labute approximate surface area is 172 Å². The number of benzene rings is 3. The van der Waals surface area contributed by atoms with Crippen LogP contribution in [0, 0.1) is 0 Å². The van der Waals surface area contributed by atoms with Gasteiger partial charge in [0.1, 0.15) is 5.75 Å². The van der Waals surface area contributed by atoms with Gasteiger partial charge in [0, 0.05) is 4.47 Å². The minimum absolute atomic E-state index is 0.194. The molecule has 3 aromatic rings. The van der Waals surface area contributed by atoms with Gasteiger partial charge in [-0.05, 0) is 47.5 Å².